The average molecular weight is 376 g/mol. The molecule has 2 amide bonds. The summed E-state index contributed by atoms with van der Waals surface area (Å²) < 4.78 is 11.2. The summed E-state index contributed by atoms with van der Waals surface area (Å²) >= 11 is 0. The molecule has 1 aliphatic rings. The van der Waals surface area contributed by atoms with Crippen molar-refractivity contribution in [1.82, 2.24) is 10.6 Å². The minimum Gasteiger partial charge on any atom is -0.490 e. The molecule has 0 unspecified atom stereocenters. The number of hydrogen-bond donors (Lipinski definition) is 2. The summed E-state index contributed by atoms with van der Waals surface area (Å²) in [6.07, 6.45) is 5.76. The molecule has 2 N–H and O–H groups in total. The van der Waals surface area contributed by atoms with Crippen LogP contribution in [0.4, 0.5) is 4.79 Å². The van der Waals surface area contributed by atoms with E-state index in [0.29, 0.717) is 12.6 Å². The number of ether oxygens (including phenoxy) is 2. The molecule has 0 heterocycles. The van der Waals surface area contributed by atoms with Crippen molar-refractivity contribution in [3.8, 4) is 5.75 Å². The molecule has 1 aliphatic carbocycles. The van der Waals surface area contributed by atoms with Gasteiger partial charge in [0.05, 0.1) is 6.10 Å². The number of rotatable bonds is 6. The molecule has 0 spiro atoms. The van der Waals surface area contributed by atoms with E-state index in [4.69, 9.17) is 9.47 Å². The van der Waals surface area contributed by atoms with E-state index >= 15 is 0 Å². The highest BCUT2D eigenvalue weighted by molar-refractivity contribution is 5.85. The van der Waals surface area contributed by atoms with Gasteiger partial charge >= 0.3 is 6.09 Å². The van der Waals surface area contributed by atoms with E-state index in [1.165, 1.54) is 19.3 Å². The first kappa shape index (κ1) is 21.1. The summed E-state index contributed by atoms with van der Waals surface area (Å²) in [6, 6.07) is 7.11. The highest BCUT2D eigenvalue weighted by Gasteiger charge is 2.21. The molecule has 6 heteroatoms. The van der Waals surface area contributed by atoms with E-state index in [-0.39, 0.29) is 5.91 Å². The van der Waals surface area contributed by atoms with Gasteiger partial charge in [-0.25, -0.2) is 4.79 Å². The van der Waals surface area contributed by atoms with Crippen molar-refractivity contribution in [2.24, 2.45) is 0 Å². The minimum absolute atomic E-state index is 0.261. The van der Waals surface area contributed by atoms with Crippen molar-refractivity contribution in [3.63, 3.8) is 0 Å². The number of hydrogen-bond acceptors (Lipinski definition) is 4. The molecule has 0 aromatic heterocycles. The summed E-state index contributed by atoms with van der Waals surface area (Å²) in [5.74, 6) is 0.611. The molecule has 1 saturated carbocycles. The fourth-order valence-electron chi connectivity index (χ4n) is 2.95. The number of nitrogens with one attached hydrogen (secondary N) is 2. The first-order valence-corrected chi connectivity index (χ1v) is 9.76. The fraction of sp³-hybridized carbons (Fsp3) is 0.619. The van der Waals surface area contributed by atoms with Gasteiger partial charge in [-0.2, -0.15) is 0 Å². The maximum Gasteiger partial charge on any atom is 0.408 e. The summed E-state index contributed by atoms with van der Waals surface area (Å²) in [4.78, 5) is 23.9. The maximum atomic E-state index is 12.1. The van der Waals surface area contributed by atoms with Gasteiger partial charge < -0.3 is 20.1 Å². The van der Waals surface area contributed by atoms with Crippen LogP contribution in [-0.2, 0) is 16.1 Å². The van der Waals surface area contributed by atoms with Crippen LogP contribution >= 0.6 is 0 Å². The minimum atomic E-state index is -0.672. The third kappa shape index (κ3) is 7.89. The molecule has 1 fully saturated rings. The SMILES string of the molecule is C[C@@H](NC(=O)OC(C)(C)C)C(=O)NCc1ccc(OC2CCCCC2)cc1. The summed E-state index contributed by atoms with van der Waals surface area (Å²) in [6.45, 7) is 7.35. The van der Waals surface area contributed by atoms with Gasteiger partial charge in [0.25, 0.3) is 0 Å². The topological polar surface area (TPSA) is 76.7 Å². The third-order valence-corrected chi connectivity index (χ3v) is 4.37. The standard InChI is InChI=1S/C21H32N2O4/c1-15(23-20(25)27-21(2,3)4)19(24)22-14-16-10-12-18(13-11-16)26-17-8-6-5-7-9-17/h10-13,15,17H,5-9,14H2,1-4H3,(H,22,24)(H,23,25)/t15-/m1/s1. The van der Waals surface area contributed by atoms with Crippen LogP contribution in [0.1, 0.15) is 65.4 Å². The van der Waals surface area contributed by atoms with Crippen molar-refractivity contribution in [1.29, 1.82) is 0 Å². The highest BCUT2D eigenvalue weighted by atomic mass is 16.6. The number of benzene rings is 1. The first-order chi connectivity index (χ1) is 12.7. The maximum absolute atomic E-state index is 12.1. The smallest absolute Gasteiger partial charge is 0.408 e. The van der Waals surface area contributed by atoms with Crippen LogP contribution in [0.5, 0.6) is 5.75 Å². The van der Waals surface area contributed by atoms with Gasteiger partial charge in [0.15, 0.2) is 0 Å². The molecular formula is C21H32N2O4. The van der Waals surface area contributed by atoms with Gasteiger partial charge in [0.1, 0.15) is 17.4 Å². The van der Waals surface area contributed by atoms with Crippen molar-refractivity contribution in [2.45, 2.75) is 84.1 Å². The van der Waals surface area contributed by atoms with Gasteiger partial charge in [-0.15, -0.1) is 0 Å². The van der Waals surface area contributed by atoms with Gasteiger partial charge in [-0.05, 0) is 71.1 Å². The molecule has 0 aliphatic heterocycles. The Morgan fingerprint density at radius 3 is 2.33 bits per heavy atom. The zero-order valence-corrected chi connectivity index (χ0v) is 16.8. The Morgan fingerprint density at radius 1 is 1.11 bits per heavy atom. The van der Waals surface area contributed by atoms with Crippen LogP contribution in [0.25, 0.3) is 0 Å². The van der Waals surface area contributed by atoms with E-state index in [1.54, 1.807) is 27.7 Å². The second-order valence-electron chi connectivity index (χ2n) is 8.11. The lowest BCUT2D eigenvalue weighted by molar-refractivity contribution is -0.122. The molecule has 6 nitrogen and oxygen atoms in total. The second kappa shape index (κ2) is 9.62. The lowest BCUT2D eigenvalue weighted by atomic mass is 9.98. The Balaban J connectivity index is 1.74. The highest BCUT2D eigenvalue weighted by Crippen LogP contribution is 2.23. The van der Waals surface area contributed by atoms with Gasteiger partial charge in [-0.1, -0.05) is 18.6 Å². The Kier molecular flexibility index (Phi) is 7.51. The predicted molar refractivity (Wildman–Crippen MR) is 105 cm³/mol. The zero-order valence-electron chi connectivity index (χ0n) is 16.8. The zero-order chi connectivity index (χ0) is 19.9. The molecule has 0 bridgehead atoms. The Hall–Kier alpha value is -2.24. The fourth-order valence-corrected chi connectivity index (χ4v) is 2.95. The predicted octanol–water partition coefficient (Wildman–Crippen LogP) is 3.93. The lowest BCUT2D eigenvalue weighted by Crippen LogP contribution is -2.46. The second-order valence-corrected chi connectivity index (χ2v) is 8.11. The van der Waals surface area contributed by atoms with Crippen LogP contribution < -0.4 is 15.4 Å². The van der Waals surface area contributed by atoms with Gasteiger partial charge in [-0.3, -0.25) is 4.79 Å². The quantitative estimate of drug-likeness (QED) is 0.789. The monoisotopic (exact) mass is 376 g/mol. The molecule has 1 aromatic carbocycles. The van der Waals surface area contributed by atoms with Crippen LogP contribution in [0.2, 0.25) is 0 Å². The van der Waals surface area contributed by atoms with Crippen LogP contribution in [-0.4, -0.2) is 29.7 Å². The third-order valence-electron chi connectivity index (χ3n) is 4.37. The Bertz CT molecular complexity index is 616. The van der Waals surface area contributed by atoms with Gasteiger partial charge in [0, 0.05) is 6.54 Å². The van der Waals surface area contributed by atoms with Crippen molar-refractivity contribution < 1.29 is 19.1 Å². The molecule has 27 heavy (non-hydrogen) atoms. The molecule has 1 atom stereocenters. The van der Waals surface area contributed by atoms with Crippen molar-refractivity contribution in [3.05, 3.63) is 29.8 Å². The molecular weight excluding hydrogens is 344 g/mol. The lowest BCUT2D eigenvalue weighted by Gasteiger charge is -2.23. The van der Waals surface area contributed by atoms with Crippen LogP contribution in [0, 0.1) is 0 Å². The molecule has 2 rings (SSSR count). The van der Waals surface area contributed by atoms with Crippen molar-refractivity contribution in [2.75, 3.05) is 0 Å². The molecule has 0 radical (unpaired) electrons. The van der Waals surface area contributed by atoms with Crippen LogP contribution in [0.3, 0.4) is 0 Å². The number of alkyl carbamates (subject to hydrolysis) is 1. The van der Waals surface area contributed by atoms with Gasteiger partial charge in [0.2, 0.25) is 5.91 Å². The molecule has 150 valence electrons. The first-order valence-electron chi connectivity index (χ1n) is 9.76. The Labute approximate surface area is 162 Å². The summed E-state index contributed by atoms with van der Waals surface area (Å²) in [7, 11) is 0. The van der Waals surface area contributed by atoms with Crippen molar-refractivity contribution >= 4 is 12.0 Å². The average Bonchev–Trinajstić information content (AvgIpc) is 2.60. The van der Waals surface area contributed by atoms with E-state index < -0.39 is 17.7 Å². The summed E-state index contributed by atoms with van der Waals surface area (Å²) in [5, 5.41) is 5.35. The largest absolute Gasteiger partial charge is 0.490 e. The molecule has 0 saturated heterocycles. The van der Waals surface area contributed by atoms with E-state index in [1.807, 2.05) is 24.3 Å². The van der Waals surface area contributed by atoms with E-state index in [9.17, 15) is 9.59 Å². The Morgan fingerprint density at radius 2 is 1.74 bits per heavy atom. The van der Waals surface area contributed by atoms with Crippen LogP contribution in [0.15, 0.2) is 24.3 Å². The van der Waals surface area contributed by atoms with E-state index in [0.717, 1.165) is 24.2 Å². The molecule has 1 aromatic rings. The van der Waals surface area contributed by atoms with E-state index in [2.05, 4.69) is 10.6 Å². The summed E-state index contributed by atoms with van der Waals surface area (Å²) in [5.41, 5.74) is 0.380. The normalized spacial score (nSPS) is 16.3. The number of carbonyl (C=O) groups excluding carboxylic acids is 2. The number of amides is 2. The number of carbonyl (C=O) groups is 2.